The minimum atomic E-state index is 0.789. The molecule has 94 valence electrons. The van der Waals surface area contributed by atoms with Crippen LogP contribution in [0.3, 0.4) is 0 Å². The molecule has 0 bridgehead atoms. The second-order valence-corrected chi connectivity index (χ2v) is 5.61. The maximum Gasteiger partial charge on any atom is 0.190 e. The van der Waals surface area contributed by atoms with Crippen LogP contribution >= 0.6 is 23.5 Å². The molecule has 0 spiro atoms. The van der Waals surface area contributed by atoms with Crippen molar-refractivity contribution in [1.29, 1.82) is 0 Å². The van der Waals surface area contributed by atoms with Crippen molar-refractivity contribution in [2.45, 2.75) is 22.0 Å². The molecule has 2 aromatic rings. The molecule has 1 aromatic heterocycles. The lowest BCUT2D eigenvalue weighted by Crippen LogP contribution is -1.96. The summed E-state index contributed by atoms with van der Waals surface area (Å²) in [4.78, 5) is 10.1. The lowest BCUT2D eigenvalue weighted by Gasteiger charge is -2.06. The summed E-state index contributed by atoms with van der Waals surface area (Å²) in [5.74, 6) is 0.851. The Morgan fingerprint density at radius 2 is 2.00 bits per heavy atom. The van der Waals surface area contributed by atoms with Gasteiger partial charge >= 0.3 is 0 Å². The topological polar surface area (TPSA) is 37.8 Å². The highest BCUT2D eigenvalue weighted by atomic mass is 32.2. The van der Waals surface area contributed by atoms with Crippen LogP contribution in [-0.4, -0.2) is 23.3 Å². The number of thioether (sulfide) groups is 1. The van der Waals surface area contributed by atoms with Crippen LogP contribution in [0.4, 0.5) is 5.82 Å². The van der Waals surface area contributed by atoms with Gasteiger partial charge < -0.3 is 5.32 Å². The number of benzene rings is 1. The van der Waals surface area contributed by atoms with Crippen LogP contribution in [0.1, 0.15) is 5.56 Å². The molecule has 0 atom stereocenters. The highest BCUT2D eigenvalue weighted by Gasteiger charge is 2.05. The number of hydrogen-bond acceptors (Lipinski definition) is 5. The van der Waals surface area contributed by atoms with Gasteiger partial charge in [0, 0.05) is 18.0 Å². The van der Waals surface area contributed by atoms with Crippen molar-refractivity contribution >= 4 is 29.3 Å². The van der Waals surface area contributed by atoms with Gasteiger partial charge in [0.1, 0.15) is 10.8 Å². The van der Waals surface area contributed by atoms with Gasteiger partial charge in [-0.3, -0.25) is 0 Å². The number of nitrogens with one attached hydrogen (secondary N) is 1. The summed E-state index contributed by atoms with van der Waals surface area (Å²) in [7, 11) is 1.87. The van der Waals surface area contributed by atoms with Gasteiger partial charge in [-0.15, -0.1) is 0 Å². The Morgan fingerprint density at radius 1 is 1.17 bits per heavy atom. The van der Waals surface area contributed by atoms with E-state index in [0.29, 0.717) is 0 Å². The van der Waals surface area contributed by atoms with Crippen LogP contribution < -0.4 is 5.32 Å². The van der Waals surface area contributed by atoms with Gasteiger partial charge in [-0.25, -0.2) is 9.97 Å². The van der Waals surface area contributed by atoms with Crippen molar-refractivity contribution < 1.29 is 0 Å². The lowest BCUT2D eigenvalue weighted by atomic mass is 10.2. The number of anilines is 1. The van der Waals surface area contributed by atoms with Gasteiger partial charge in [-0.05, 0) is 25.3 Å². The monoisotopic (exact) mass is 277 g/mol. The Bertz CT molecular complexity index is 521. The fourth-order valence-corrected chi connectivity index (χ4v) is 2.85. The van der Waals surface area contributed by atoms with Crippen LogP contribution in [0.5, 0.6) is 0 Å². The summed E-state index contributed by atoms with van der Waals surface area (Å²) >= 11 is 3.21. The molecule has 0 saturated heterocycles. The number of rotatable bonds is 4. The summed E-state index contributed by atoms with van der Waals surface area (Å²) in [6.45, 7) is 2.09. The van der Waals surface area contributed by atoms with E-state index in [1.54, 1.807) is 23.5 Å². The second kappa shape index (κ2) is 6.11. The zero-order valence-corrected chi connectivity index (χ0v) is 12.2. The highest BCUT2D eigenvalue weighted by molar-refractivity contribution is 7.99. The van der Waals surface area contributed by atoms with Gasteiger partial charge in [0.25, 0.3) is 0 Å². The van der Waals surface area contributed by atoms with Crippen LogP contribution in [0, 0.1) is 6.92 Å². The summed E-state index contributed by atoms with van der Waals surface area (Å²) < 4.78 is 0. The molecule has 1 aromatic carbocycles. The zero-order valence-electron chi connectivity index (χ0n) is 10.6. The molecule has 0 saturated carbocycles. The van der Waals surface area contributed by atoms with E-state index < -0.39 is 0 Å². The van der Waals surface area contributed by atoms with E-state index in [2.05, 4.69) is 46.5 Å². The summed E-state index contributed by atoms with van der Waals surface area (Å²) in [6.07, 6.45) is 1.98. The number of nitrogens with zero attached hydrogens (tertiary/aromatic N) is 2. The predicted octanol–water partition coefficient (Wildman–Crippen LogP) is 3.70. The first-order chi connectivity index (χ1) is 8.71. The van der Waals surface area contributed by atoms with Crippen molar-refractivity contribution in [3.8, 4) is 0 Å². The van der Waals surface area contributed by atoms with Crippen molar-refractivity contribution in [3.63, 3.8) is 0 Å². The maximum absolute atomic E-state index is 4.50. The average Bonchev–Trinajstić information content (AvgIpc) is 2.38. The minimum Gasteiger partial charge on any atom is -0.373 e. The number of hydrogen-bond donors (Lipinski definition) is 1. The standard InChI is InChI=1S/C13H15N3S2/c1-9-5-4-6-10(7-9)18-12-8-11(14-2)15-13(16-12)17-3/h4-8H,1-3H3,(H,14,15,16). The molecule has 0 aliphatic rings. The average molecular weight is 277 g/mol. The van der Waals surface area contributed by atoms with Crippen LogP contribution in [0.25, 0.3) is 0 Å². The molecule has 5 heteroatoms. The molecule has 0 aliphatic carbocycles. The van der Waals surface area contributed by atoms with Crippen molar-refractivity contribution in [3.05, 3.63) is 35.9 Å². The summed E-state index contributed by atoms with van der Waals surface area (Å²) in [6, 6.07) is 10.4. The van der Waals surface area contributed by atoms with E-state index in [1.807, 2.05) is 19.4 Å². The fraction of sp³-hybridized carbons (Fsp3) is 0.231. The van der Waals surface area contributed by atoms with E-state index in [4.69, 9.17) is 0 Å². The molecule has 2 rings (SSSR count). The molecule has 0 aliphatic heterocycles. The zero-order chi connectivity index (χ0) is 13.0. The van der Waals surface area contributed by atoms with Crippen molar-refractivity contribution in [2.75, 3.05) is 18.6 Å². The van der Waals surface area contributed by atoms with E-state index in [0.717, 1.165) is 16.0 Å². The smallest absolute Gasteiger partial charge is 0.190 e. The third kappa shape index (κ3) is 3.40. The molecule has 18 heavy (non-hydrogen) atoms. The fourth-order valence-electron chi connectivity index (χ4n) is 1.48. The van der Waals surface area contributed by atoms with Crippen molar-refractivity contribution in [2.24, 2.45) is 0 Å². The third-order valence-electron chi connectivity index (χ3n) is 2.33. The molecular weight excluding hydrogens is 262 g/mol. The first-order valence-corrected chi connectivity index (χ1v) is 7.61. The SMILES string of the molecule is CNc1cc(Sc2cccc(C)c2)nc(SC)n1. The normalized spacial score (nSPS) is 10.4. The van der Waals surface area contributed by atoms with Crippen LogP contribution in [0.2, 0.25) is 0 Å². The first kappa shape index (κ1) is 13.2. The maximum atomic E-state index is 4.50. The van der Waals surface area contributed by atoms with E-state index in [9.17, 15) is 0 Å². The summed E-state index contributed by atoms with van der Waals surface area (Å²) in [5, 5.41) is 4.81. The predicted molar refractivity (Wildman–Crippen MR) is 78.7 cm³/mol. The van der Waals surface area contributed by atoms with Gasteiger partial charge in [0.15, 0.2) is 5.16 Å². The van der Waals surface area contributed by atoms with E-state index in [-0.39, 0.29) is 0 Å². The van der Waals surface area contributed by atoms with Crippen LogP contribution in [0.15, 0.2) is 45.4 Å². The Labute approximate surface area is 116 Å². The van der Waals surface area contributed by atoms with Gasteiger partial charge in [-0.1, -0.05) is 41.2 Å². The second-order valence-electron chi connectivity index (χ2n) is 3.75. The Morgan fingerprint density at radius 3 is 2.67 bits per heavy atom. The Balaban J connectivity index is 2.28. The Hall–Kier alpha value is -1.20. The minimum absolute atomic E-state index is 0.789. The molecule has 1 N–H and O–H groups in total. The van der Waals surface area contributed by atoms with Gasteiger partial charge in [0.05, 0.1) is 0 Å². The molecule has 0 fully saturated rings. The first-order valence-electron chi connectivity index (χ1n) is 5.56. The molecule has 1 heterocycles. The van der Waals surface area contributed by atoms with E-state index in [1.165, 1.54) is 10.5 Å². The molecule has 0 unspecified atom stereocenters. The van der Waals surface area contributed by atoms with Crippen molar-refractivity contribution in [1.82, 2.24) is 9.97 Å². The molecular formula is C13H15N3S2. The molecule has 3 nitrogen and oxygen atoms in total. The van der Waals surface area contributed by atoms with Gasteiger partial charge in [0.2, 0.25) is 0 Å². The number of aryl methyl sites for hydroxylation is 1. The highest BCUT2D eigenvalue weighted by Crippen LogP contribution is 2.29. The lowest BCUT2D eigenvalue weighted by molar-refractivity contribution is 0.897. The quantitative estimate of drug-likeness (QED) is 0.524. The Kier molecular flexibility index (Phi) is 4.49. The molecule has 0 amide bonds. The van der Waals surface area contributed by atoms with E-state index >= 15 is 0 Å². The summed E-state index contributed by atoms with van der Waals surface area (Å²) in [5.41, 5.74) is 1.26. The molecule has 0 radical (unpaired) electrons. The third-order valence-corrected chi connectivity index (χ3v) is 3.79. The largest absolute Gasteiger partial charge is 0.373 e. The van der Waals surface area contributed by atoms with Gasteiger partial charge in [-0.2, -0.15) is 0 Å². The van der Waals surface area contributed by atoms with Crippen LogP contribution in [-0.2, 0) is 0 Å². The number of aromatic nitrogens is 2.